The molecular formula is C22H19FN6O2. The van der Waals surface area contributed by atoms with Crippen molar-refractivity contribution >= 4 is 17.6 Å². The van der Waals surface area contributed by atoms with E-state index < -0.39 is 11.8 Å². The molecule has 3 amide bonds. The molecule has 2 heterocycles. The first-order valence-electron chi connectivity index (χ1n) is 9.43. The van der Waals surface area contributed by atoms with Crippen LogP contribution in [-0.4, -0.2) is 26.3 Å². The third-order valence-corrected chi connectivity index (χ3v) is 4.59. The predicted molar refractivity (Wildman–Crippen MR) is 114 cm³/mol. The molecule has 0 fully saturated rings. The molecule has 0 aliphatic carbocycles. The minimum absolute atomic E-state index is 0.239. The maximum absolute atomic E-state index is 14.4. The second-order valence-electron chi connectivity index (χ2n) is 6.70. The van der Waals surface area contributed by atoms with E-state index in [0.29, 0.717) is 17.1 Å². The quantitative estimate of drug-likeness (QED) is 0.447. The molecule has 0 bridgehead atoms. The van der Waals surface area contributed by atoms with Crippen molar-refractivity contribution in [3.63, 3.8) is 0 Å². The van der Waals surface area contributed by atoms with Crippen molar-refractivity contribution in [3.8, 4) is 11.5 Å². The summed E-state index contributed by atoms with van der Waals surface area (Å²) in [6, 6.07) is 16.1. The number of halogens is 1. The predicted octanol–water partition coefficient (Wildman–Crippen LogP) is 3.22. The number of urea groups is 1. The summed E-state index contributed by atoms with van der Waals surface area (Å²) in [5, 5.41) is 9.58. The molecule has 0 aliphatic rings. The van der Waals surface area contributed by atoms with E-state index in [0.717, 1.165) is 5.56 Å². The number of nitrogens with one attached hydrogen (secondary N) is 2. The fourth-order valence-electron chi connectivity index (χ4n) is 3.15. The van der Waals surface area contributed by atoms with E-state index in [9.17, 15) is 14.0 Å². The number of anilines is 1. The first-order valence-corrected chi connectivity index (χ1v) is 9.43. The van der Waals surface area contributed by atoms with E-state index in [2.05, 4.69) is 15.7 Å². The molecule has 4 N–H and O–H groups in total. The molecule has 2 aromatic heterocycles. The third kappa shape index (κ3) is 4.30. The summed E-state index contributed by atoms with van der Waals surface area (Å²) < 4.78 is 17.5. The maximum Gasteiger partial charge on any atom is 0.316 e. The molecular weight excluding hydrogens is 399 g/mol. The van der Waals surface area contributed by atoms with Crippen molar-refractivity contribution in [1.82, 2.24) is 19.7 Å². The van der Waals surface area contributed by atoms with Crippen LogP contribution in [0.1, 0.15) is 15.9 Å². The van der Waals surface area contributed by atoms with Crippen LogP contribution in [0.15, 0.2) is 79.3 Å². The highest BCUT2D eigenvalue weighted by Gasteiger charge is 2.21. The highest BCUT2D eigenvalue weighted by atomic mass is 19.1. The molecule has 2 aromatic carbocycles. The molecule has 0 spiro atoms. The van der Waals surface area contributed by atoms with Gasteiger partial charge in [-0.15, -0.1) is 0 Å². The Kier molecular flexibility index (Phi) is 5.48. The van der Waals surface area contributed by atoms with E-state index in [-0.39, 0.29) is 18.1 Å². The number of amides is 3. The number of hydrogen-bond acceptors (Lipinski definition) is 3. The third-order valence-electron chi connectivity index (χ3n) is 4.59. The average molecular weight is 418 g/mol. The highest BCUT2D eigenvalue weighted by Crippen LogP contribution is 2.22. The smallest absolute Gasteiger partial charge is 0.316 e. The lowest BCUT2D eigenvalue weighted by atomic mass is 10.2. The van der Waals surface area contributed by atoms with Crippen molar-refractivity contribution in [3.05, 3.63) is 96.2 Å². The Bertz CT molecular complexity index is 1220. The fourth-order valence-corrected chi connectivity index (χ4v) is 3.15. The van der Waals surface area contributed by atoms with Crippen molar-refractivity contribution in [1.29, 1.82) is 0 Å². The largest absolute Gasteiger partial charge is 0.351 e. The van der Waals surface area contributed by atoms with Crippen LogP contribution in [0.25, 0.3) is 11.5 Å². The van der Waals surface area contributed by atoms with Gasteiger partial charge in [-0.3, -0.25) is 4.79 Å². The molecule has 4 rings (SSSR count). The van der Waals surface area contributed by atoms with Gasteiger partial charge < -0.3 is 20.9 Å². The Morgan fingerprint density at radius 1 is 1.00 bits per heavy atom. The summed E-state index contributed by atoms with van der Waals surface area (Å²) in [5.41, 5.74) is 7.01. The number of aromatic nitrogens is 3. The Hall–Kier alpha value is -4.40. The molecule has 0 saturated carbocycles. The summed E-state index contributed by atoms with van der Waals surface area (Å²) in [5.74, 6) is -0.380. The Morgan fingerprint density at radius 2 is 1.71 bits per heavy atom. The van der Waals surface area contributed by atoms with Crippen LogP contribution in [0.5, 0.6) is 0 Å². The van der Waals surface area contributed by atoms with Gasteiger partial charge in [0.15, 0.2) is 5.82 Å². The Balaban J connectivity index is 1.58. The first kappa shape index (κ1) is 19.9. The number of benzene rings is 2. The lowest BCUT2D eigenvalue weighted by molar-refractivity contribution is 0.0951. The fraction of sp³-hybridized carbons (Fsp3) is 0.0455. The molecule has 8 nitrogen and oxygen atoms in total. The van der Waals surface area contributed by atoms with Gasteiger partial charge in [0.2, 0.25) is 0 Å². The summed E-state index contributed by atoms with van der Waals surface area (Å²) in [6.07, 6.45) is 4.93. The number of nitrogens with two attached hydrogens (primary N) is 1. The van der Waals surface area contributed by atoms with E-state index in [1.807, 2.05) is 12.1 Å². The molecule has 0 saturated heterocycles. The van der Waals surface area contributed by atoms with E-state index in [1.165, 1.54) is 16.9 Å². The van der Waals surface area contributed by atoms with Crippen LogP contribution in [-0.2, 0) is 6.54 Å². The average Bonchev–Trinajstić information content (AvgIpc) is 3.42. The minimum atomic E-state index is -0.648. The van der Waals surface area contributed by atoms with E-state index in [1.54, 1.807) is 59.4 Å². The topological polar surface area (TPSA) is 107 Å². The number of hydrogen-bond donors (Lipinski definition) is 3. The molecule has 0 atom stereocenters. The minimum Gasteiger partial charge on any atom is -0.351 e. The van der Waals surface area contributed by atoms with Gasteiger partial charge in [0, 0.05) is 24.6 Å². The standard InChI is InChI=1S/C22H19FN6O2/c23-18-5-1-2-6-19(18)29-21(28-11-3-4-12-28)17(14-26-29)20(30)25-13-15-7-9-16(10-8-15)27-22(24)31/h1-12,14H,13H2,(H,25,30)(H3,24,27,31). The molecule has 4 aromatic rings. The summed E-state index contributed by atoms with van der Waals surface area (Å²) in [6.45, 7) is 0.256. The molecule has 31 heavy (non-hydrogen) atoms. The zero-order chi connectivity index (χ0) is 21.8. The highest BCUT2D eigenvalue weighted by molar-refractivity contribution is 5.97. The lowest BCUT2D eigenvalue weighted by Gasteiger charge is -2.12. The SMILES string of the molecule is NC(=O)Nc1ccc(CNC(=O)c2cnn(-c3ccccc3F)c2-n2cccc2)cc1. The Morgan fingerprint density at radius 3 is 2.39 bits per heavy atom. The number of nitrogens with zero attached hydrogens (tertiary/aromatic N) is 3. The van der Waals surface area contributed by atoms with Crippen molar-refractivity contribution < 1.29 is 14.0 Å². The van der Waals surface area contributed by atoms with Crippen LogP contribution in [0, 0.1) is 5.82 Å². The number of carbonyl (C=O) groups is 2. The molecule has 0 unspecified atom stereocenters. The summed E-state index contributed by atoms with van der Waals surface area (Å²) in [4.78, 5) is 23.8. The number of para-hydroxylation sites is 1. The first-order chi connectivity index (χ1) is 15.0. The van der Waals surface area contributed by atoms with Crippen LogP contribution >= 0.6 is 0 Å². The van der Waals surface area contributed by atoms with Crippen molar-refractivity contribution in [2.24, 2.45) is 5.73 Å². The Labute approximate surface area is 177 Å². The summed E-state index contributed by atoms with van der Waals surface area (Å²) >= 11 is 0. The molecule has 156 valence electrons. The second kappa shape index (κ2) is 8.54. The van der Waals surface area contributed by atoms with Gasteiger partial charge in [-0.1, -0.05) is 24.3 Å². The normalized spacial score (nSPS) is 10.6. The van der Waals surface area contributed by atoms with Crippen LogP contribution in [0.2, 0.25) is 0 Å². The van der Waals surface area contributed by atoms with Gasteiger partial charge in [-0.25, -0.2) is 13.9 Å². The summed E-state index contributed by atoms with van der Waals surface area (Å²) in [7, 11) is 0. The molecule has 9 heteroatoms. The van der Waals surface area contributed by atoms with Crippen LogP contribution in [0.3, 0.4) is 0 Å². The van der Waals surface area contributed by atoms with Gasteiger partial charge in [-0.2, -0.15) is 5.10 Å². The zero-order valence-electron chi connectivity index (χ0n) is 16.3. The molecule has 0 radical (unpaired) electrons. The van der Waals surface area contributed by atoms with Crippen molar-refractivity contribution in [2.75, 3.05) is 5.32 Å². The maximum atomic E-state index is 14.4. The van der Waals surface area contributed by atoms with E-state index >= 15 is 0 Å². The van der Waals surface area contributed by atoms with Crippen LogP contribution < -0.4 is 16.4 Å². The lowest BCUT2D eigenvalue weighted by Crippen LogP contribution is -2.24. The van der Waals surface area contributed by atoms with Crippen LogP contribution in [0.4, 0.5) is 14.9 Å². The second-order valence-corrected chi connectivity index (χ2v) is 6.70. The molecule has 0 aliphatic heterocycles. The monoisotopic (exact) mass is 418 g/mol. The number of primary amides is 1. The van der Waals surface area contributed by atoms with Gasteiger partial charge in [-0.05, 0) is 42.0 Å². The van der Waals surface area contributed by atoms with E-state index in [4.69, 9.17) is 5.73 Å². The van der Waals surface area contributed by atoms with Gasteiger partial charge in [0.05, 0.1) is 6.20 Å². The van der Waals surface area contributed by atoms with Gasteiger partial charge in [0.1, 0.15) is 17.1 Å². The number of carbonyl (C=O) groups excluding carboxylic acids is 2. The zero-order valence-corrected chi connectivity index (χ0v) is 16.3. The van der Waals surface area contributed by atoms with Crippen molar-refractivity contribution in [2.45, 2.75) is 6.54 Å². The number of rotatable bonds is 6. The van der Waals surface area contributed by atoms with Gasteiger partial charge in [0.25, 0.3) is 5.91 Å². The van der Waals surface area contributed by atoms with Gasteiger partial charge >= 0.3 is 6.03 Å².